The Labute approximate surface area is 141 Å². The van der Waals surface area contributed by atoms with Crippen LogP contribution >= 0.6 is 11.5 Å². The minimum Gasteiger partial charge on any atom is -0.322 e. The van der Waals surface area contributed by atoms with Crippen molar-refractivity contribution in [3.05, 3.63) is 53.4 Å². The third-order valence-corrected chi connectivity index (χ3v) is 4.18. The molecule has 7 nitrogen and oxygen atoms in total. The molecule has 2 aromatic carbocycles. The van der Waals surface area contributed by atoms with Crippen LogP contribution in [0.5, 0.6) is 0 Å². The zero-order chi connectivity index (χ0) is 16.5. The Bertz CT molecular complexity index is 1010. The van der Waals surface area contributed by atoms with Gasteiger partial charge in [-0.25, -0.2) is 4.68 Å². The molecule has 0 aliphatic carbocycles. The number of aryl methyl sites for hydroxylation is 1. The van der Waals surface area contributed by atoms with Gasteiger partial charge in [0.2, 0.25) is 0 Å². The molecule has 0 unspecified atom stereocenters. The second-order valence-corrected chi connectivity index (χ2v) is 5.85. The number of nitrogens with one attached hydrogen (secondary N) is 1. The van der Waals surface area contributed by atoms with Crippen LogP contribution in [0.2, 0.25) is 0 Å². The fourth-order valence-electron chi connectivity index (χ4n) is 2.39. The molecule has 118 valence electrons. The number of hydrogen-bond donors (Lipinski definition) is 1. The van der Waals surface area contributed by atoms with E-state index in [1.807, 2.05) is 29.6 Å². The molecule has 8 heteroatoms. The van der Waals surface area contributed by atoms with Gasteiger partial charge in [-0.05, 0) is 41.9 Å². The molecule has 2 heterocycles. The first-order valence-corrected chi connectivity index (χ1v) is 8.03. The third kappa shape index (κ3) is 2.63. The molecule has 2 aromatic heterocycles. The van der Waals surface area contributed by atoms with E-state index in [0.717, 1.165) is 28.0 Å². The minimum absolute atomic E-state index is 0.179. The van der Waals surface area contributed by atoms with Gasteiger partial charge in [-0.1, -0.05) is 21.8 Å². The summed E-state index contributed by atoms with van der Waals surface area (Å²) in [6.07, 6.45) is 0. The first-order valence-electron chi connectivity index (χ1n) is 7.19. The summed E-state index contributed by atoms with van der Waals surface area (Å²) < 4.78 is 5.49. The number of rotatable bonds is 3. The van der Waals surface area contributed by atoms with E-state index in [4.69, 9.17) is 0 Å². The van der Waals surface area contributed by atoms with Crippen molar-refractivity contribution < 1.29 is 4.79 Å². The second-order valence-electron chi connectivity index (χ2n) is 5.24. The van der Waals surface area contributed by atoms with Crippen LogP contribution in [0.15, 0.2) is 47.8 Å². The molecule has 4 aromatic rings. The average molecular weight is 336 g/mol. The van der Waals surface area contributed by atoms with Crippen molar-refractivity contribution in [2.75, 3.05) is 5.32 Å². The molecule has 24 heavy (non-hydrogen) atoms. The van der Waals surface area contributed by atoms with Crippen molar-refractivity contribution in [3.8, 4) is 11.3 Å². The molecule has 0 saturated carbocycles. The molecular weight excluding hydrogens is 324 g/mol. The molecule has 0 aliphatic rings. The van der Waals surface area contributed by atoms with Gasteiger partial charge in [-0.15, -0.1) is 10.2 Å². The molecule has 0 fully saturated rings. The molecule has 0 atom stereocenters. The van der Waals surface area contributed by atoms with Crippen LogP contribution in [0.4, 0.5) is 5.69 Å². The van der Waals surface area contributed by atoms with E-state index in [1.54, 1.807) is 29.9 Å². The van der Waals surface area contributed by atoms with Crippen molar-refractivity contribution in [1.82, 2.24) is 24.6 Å². The van der Waals surface area contributed by atoms with E-state index in [1.165, 1.54) is 11.5 Å². The van der Waals surface area contributed by atoms with Crippen molar-refractivity contribution in [2.24, 2.45) is 7.05 Å². The molecule has 0 radical (unpaired) electrons. The lowest BCUT2D eigenvalue weighted by atomic mass is 10.1. The molecule has 1 N–H and O–H groups in total. The van der Waals surface area contributed by atoms with Crippen molar-refractivity contribution >= 4 is 34.2 Å². The minimum atomic E-state index is -0.179. The average Bonchev–Trinajstić information content (AvgIpc) is 3.26. The fourth-order valence-corrected chi connectivity index (χ4v) is 2.86. The Hall–Kier alpha value is -3.13. The largest absolute Gasteiger partial charge is 0.322 e. The standard InChI is InChI=1S/C16H12N6OS/c1-22-15-8-11(4-7-13(15)18-20-22)16(23)17-12-5-2-10(3-6-12)14-9-24-21-19-14/h2-9H,1H3,(H,17,23). The van der Waals surface area contributed by atoms with Crippen LogP contribution in [-0.4, -0.2) is 30.5 Å². The van der Waals surface area contributed by atoms with Crippen LogP contribution in [0.25, 0.3) is 22.3 Å². The highest BCUT2D eigenvalue weighted by Gasteiger charge is 2.10. The summed E-state index contributed by atoms with van der Waals surface area (Å²) in [5.41, 5.74) is 4.64. The molecular formula is C16H12N6OS. The number of aromatic nitrogens is 5. The lowest BCUT2D eigenvalue weighted by Gasteiger charge is -2.06. The summed E-state index contributed by atoms with van der Waals surface area (Å²) in [5.74, 6) is -0.179. The number of benzene rings is 2. The van der Waals surface area contributed by atoms with Crippen LogP contribution in [0, 0.1) is 0 Å². The maximum atomic E-state index is 12.4. The van der Waals surface area contributed by atoms with Gasteiger partial charge < -0.3 is 5.32 Å². The Kier molecular flexibility index (Phi) is 3.51. The van der Waals surface area contributed by atoms with Crippen LogP contribution in [0.3, 0.4) is 0 Å². The number of anilines is 1. The smallest absolute Gasteiger partial charge is 0.255 e. The van der Waals surface area contributed by atoms with Gasteiger partial charge in [0.1, 0.15) is 11.2 Å². The van der Waals surface area contributed by atoms with Crippen molar-refractivity contribution in [2.45, 2.75) is 0 Å². The first-order chi connectivity index (χ1) is 11.7. The van der Waals surface area contributed by atoms with Crippen molar-refractivity contribution in [3.63, 3.8) is 0 Å². The summed E-state index contributed by atoms with van der Waals surface area (Å²) in [6.45, 7) is 0. The number of nitrogens with zero attached hydrogens (tertiary/aromatic N) is 5. The van der Waals surface area contributed by atoms with E-state index in [2.05, 4.69) is 25.2 Å². The summed E-state index contributed by atoms with van der Waals surface area (Å²) in [5, 5.41) is 16.7. The lowest BCUT2D eigenvalue weighted by molar-refractivity contribution is 0.102. The highest BCUT2D eigenvalue weighted by molar-refractivity contribution is 7.03. The maximum absolute atomic E-state index is 12.4. The molecule has 4 rings (SSSR count). The van der Waals surface area contributed by atoms with Gasteiger partial charge in [0.25, 0.3) is 5.91 Å². The number of amides is 1. The van der Waals surface area contributed by atoms with Gasteiger partial charge in [0, 0.05) is 29.2 Å². The Balaban J connectivity index is 1.55. The molecule has 1 amide bonds. The highest BCUT2D eigenvalue weighted by Crippen LogP contribution is 2.21. The van der Waals surface area contributed by atoms with Gasteiger partial charge in [0.15, 0.2) is 0 Å². The van der Waals surface area contributed by atoms with Gasteiger partial charge in [0.05, 0.1) is 5.52 Å². The van der Waals surface area contributed by atoms with Crippen molar-refractivity contribution in [1.29, 1.82) is 0 Å². The van der Waals surface area contributed by atoms with E-state index in [0.29, 0.717) is 5.56 Å². The number of carbonyl (C=O) groups excluding carboxylic acids is 1. The van der Waals surface area contributed by atoms with Crippen LogP contribution in [0.1, 0.15) is 10.4 Å². The monoisotopic (exact) mass is 336 g/mol. The summed E-state index contributed by atoms with van der Waals surface area (Å²) in [6, 6.07) is 12.8. The molecule has 0 saturated heterocycles. The number of fused-ring (bicyclic) bond motifs is 1. The van der Waals surface area contributed by atoms with Gasteiger partial charge >= 0.3 is 0 Å². The first kappa shape index (κ1) is 14.5. The van der Waals surface area contributed by atoms with Gasteiger partial charge in [-0.3, -0.25) is 4.79 Å². The number of hydrogen-bond acceptors (Lipinski definition) is 6. The predicted octanol–water partition coefficient (Wildman–Crippen LogP) is 2.74. The number of carbonyl (C=O) groups is 1. The fraction of sp³-hybridized carbons (Fsp3) is 0.0625. The topological polar surface area (TPSA) is 85.6 Å². The zero-order valence-corrected chi connectivity index (χ0v) is 13.5. The Morgan fingerprint density at radius 1 is 1.12 bits per heavy atom. The second kappa shape index (κ2) is 5.82. The molecule has 0 bridgehead atoms. The quantitative estimate of drug-likeness (QED) is 0.622. The lowest BCUT2D eigenvalue weighted by Crippen LogP contribution is -2.11. The maximum Gasteiger partial charge on any atom is 0.255 e. The van der Waals surface area contributed by atoms with Crippen LogP contribution in [-0.2, 0) is 7.05 Å². The zero-order valence-electron chi connectivity index (χ0n) is 12.7. The molecule has 0 spiro atoms. The molecule has 0 aliphatic heterocycles. The Morgan fingerprint density at radius 3 is 2.71 bits per heavy atom. The van der Waals surface area contributed by atoms with Crippen LogP contribution < -0.4 is 5.32 Å². The summed E-state index contributed by atoms with van der Waals surface area (Å²) in [7, 11) is 1.79. The van der Waals surface area contributed by atoms with Gasteiger partial charge in [-0.2, -0.15) is 0 Å². The summed E-state index contributed by atoms with van der Waals surface area (Å²) >= 11 is 1.31. The highest BCUT2D eigenvalue weighted by atomic mass is 32.1. The van der Waals surface area contributed by atoms with E-state index in [-0.39, 0.29) is 5.91 Å². The normalized spacial score (nSPS) is 10.9. The van der Waals surface area contributed by atoms with E-state index in [9.17, 15) is 4.79 Å². The SMILES string of the molecule is Cn1nnc2ccc(C(=O)Nc3ccc(-c4csnn4)cc3)cc21. The third-order valence-electron chi connectivity index (χ3n) is 3.67. The van der Waals surface area contributed by atoms with E-state index >= 15 is 0 Å². The summed E-state index contributed by atoms with van der Waals surface area (Å²) in [4.78, 5) is 12.4. The predicted molar refractivity (Wildman–Crippen MR) is 91.8 cm³/mol. The van der Waals surface area contributed by atoms with E-state index < -0.39 is 0 Å². The Morgan fingerprint density at radius 2 is 1.96 bits per heavy atom.